The summed E-state index contributed by atoms with van der Waals surface area (Å²) in [6, 6.07) is 1.35. The highest BCUT2D eigenvalue weighted by atomic mass is 19.1. The molecule has 1 aromatic rings. The van der Waals surface area contributed by atoms with Gasteiger partial charge in [0.2, 0.25) is 0 Å². The molecular weight excluding hydrogens is 179 g/mol. The van der Waals surface area contributed by atoms with Crippen molar-refractivity contribution in [2.75, 3.05) is 0 Å². The Hall–Kier alpha value is -0.960. The van der Waals surface area contributed by atoms with E-state index in [1.165, 1.54) is 12.3 Å². The molecular formula is C11H17FN2. The van der Waals surface area contributed by atoms with Gasteiger partial charge in [-0.3, -0.25) is 4.98 Å². The second-order valence-electron chi connectivity index (χ2n) is 3.73. The highest BCUT2D eigenvalue weighted by Gasteiger charge is 2.14. The molecule has 0 radical (unpaired) electrons. The maximum atomic E-state index is 12.9. The highest BCUT2D eigenvalue weighted by Crippen LogP contribution is 2.22. The van der Waals surface area contributed by atoms with Crippen LogP contribution in [0.1, 0.15) is 38.3 Å². The number of nitrogens with two attached hydrogens (primary N) is 1. The van der Waals surface area contributed by atoms with Gasteiger partial charge >= 0.3 is 0 Å². The molecule has 0 fully saturated rings. The topological polar surface area (TPSA) is 38.9 Å². The fraction of sp³-hybridized carbons (Fsp3) is 0.545. The lowest BCUT2D eigenvalue weighted by Crippen LogP contribution is -2.19. The number of nitrogens with zero attached hydrogens (tertiary/aromatic N) is 1. The summed E-state index contributed by atoms with van der Waals surface area (Å²) in [6.45, 7) is 4.20. The van der Waals surface area contributed by atoms with Crippen LogP contribution in [0, 0.1) is 11.7 Å². The summed E-state index contributed by atoms with van der Waals surface area (Å²) >= 11 is 0. The average Bonchev–Trinajstić information content (AvgIpc) is 2.17. The van der Waals surface area contributed by atoms with Crippen molar-refractivity contribution in [3.63, 3.8) is 0 Å². The summed E-state index contributed by atoms with van der Waals surface area (Å²) in [6.07, 6.45) is 4.98. The van der Waals surface area contributed by atoms with E-state index in [4.69, 9.17) is 5.73 Å². The Morgan fingerprint density at radius 3 is 2.79 bits per heavy atom. The van der Waals surface area contributed by atoms with E-state index in [0.717, 1.165) is 18.4 Å². The molecule has 2 N–H and O–H groups in total. The van der Waals surface area contributed by atoms with E-state index in [0.29, 0.717) is 5.92 Å². The van der Waals surface area contributed by atoms with E-state index in [1.807, 2.05) is 0 Å². The van der Waals surface area contributed by atoms with E-state index >= 15 is 0 Å². The summed E-state index contributed by atoms with van der Waals surface area (Å²) in [7, 11) is 0. The Labute approximate surface area is 84.3 Å². The minimum Gasteiger partial charge on any atom is -0.324 e. The van der Waals surface area contributed by atoms with Crippen LogP contribution in [0.5, 0.6) is 0 Å². The van der Waals surface area contributed by atoms with Crippen molar-refractivity contribution in [2.45, 2.75) is 32.7 Å². The summed E-state index contributed by atoms with van der Waals surface area (Å²) < 4.78 is 12.9. The van der Waals surface area contributed by atoms with Crippen LogP contribution in [0.15, 0.2) is 18.5 Å². The first-order chi connectivity index (χ1) is 6.65. The molecule has 3 heteroatoms. The summed E-state index contributed by atoms with van der Waals surface area (Å²) in [5.74, 6) is 0.0465. The number of hydrogen-bond donors (Lipinski definition) is 1. The van der Waals surface area contributed by atoms with Crippen molar-refractivity contribution < 1.29 is 4.39 Å². The summed E-state index contributed by atoms with van der Waals surface area (Å²) in [5.41, 5.74) is 6.77. The van der Waals surface area contributed by atoms with Crippen molar-refractivity contribution in [3.05, 3.63) is 29.8 Å². The minimum atomic E-state index is -0.318. The van der Waals surface area contributed by atoms with Crippen LogP contribution in [0.2, 0.25) is 0 Å². The molecule has 14 heavy (non-hydrogen) atoms. The van der Waals surface area contributed by atoms with Crippen LogP contribution < -0.4 is 5.73 Å². The SMILES string of the molecule is CCCC(C)C(N)c1cncc(F)c1. The van der Waals surface area contributed by atoms with Crippen LogP contribution in [-0.4, -0.2) is 4.98 Å². The van der Waals surface area contributed by atoms with Crippen LogP contribution in [0.3, 0.4) is 0 Å². The van der Waals surface area contributed by atoms with Gasteiger partial charge < -0.3 is 5.73 Å². The molecule has 0 aliphatic carbocycles. The van der Waals surface area contributed by atoms with Gasteiger partial charge in [-0.05, 0) is 24.0 Å². The van der Waals surface area contributed by atoms with Crippen LogP contribution >= 0.6 is 0 Å². The number of aromatic nitrogens is 1. The molecule has 1 heterocycles. The molecule has 0 aromatic carbocycles. The van der Waals surface area contributed by atoms with Crippen LogP contribution in [0.4, 0.5) is 4.39 Å². The number of pyridine rings is 1. The largest absolute Gasteiger partial charge is 0.324 e. The fourth-order valence-corrected chi connectivity index (χ4v) is 1.57. The standard InChI is InChI=1S/C11H17FN2/c1-3-4-8(2)11(13)9-5-10(12)7-14-6-9/h5-8,11H,3-4,13H2,1-2H3. The number of rotatable bonds is 4. The lowest BCUT2D eigenvalue weighted by Gasteiger charge is -2.19. The van der Waals surface area contributed by atoms with E-state index in [-0.39, 0.29) is 11.9 Å². The third-order valence-corrected chi connectivity index (χ3v) is 2.47. The smallest absolute Gasteiger partial charge is 0.141 e. The third-order valence-electron chi connectivity index (χ3n) is 2.47. The minimum absolute atomic E-state index is 0.113. The Morgan fingerprint density at radius 2 is 2.21 bits per heavy atom. The van der Waals surface area contributed by atoms with E-state index in [2.05, 4.69) is 18.8 Å². The van der Waals surface area contributed by atoms with Gasteiger partial charge in [-0.1, -0.05) is 20.3 Å². The first-order valence-electron chi connectivity index (χ1n) is 5.01. The maximum Gasteiger partial charge on any atom is 0.141 e. The number of halogens is 1. The molecule has 0 spiro atoms. The average molecular weight is 196 g/mol. The lowest BCUT2D eigenvalue weighted by atomic mass is 9.93. The molecule has 2 nitrogen and oxygen atoms in total. The van der Waals surface area contributed by atoms with Gasteiger partial charge in [0.1, 0.15) is 5.82 Å². The fourth-order valence-electron chi connectivity index (χ4n) is 1.57. The lowest BCUT2D eigenvalue weighted by molar-refractivity contribution is 0.431. The molecule has 1 rings (SSSR count). The van der Waals surface area contributed by atoms with Crippen LogP contribution in [0.25, 0.3) is 0 Å². The van der Waals surface area contributed by atoms with E-state index < -0.39 is 0 Å². The second kappa shape index (κ2) is 5.05. The van der Waals surface area contributed by atoms with Crippen LogP contribution in [-0.2, 0) is 0 Å². The first kappa shape index (κ1) is 11.1. The molecule has 0 bridgehead atoms. The van der Waals surface area contributed by atoms with Gasteiger partial charge in [0.05, 0.1) is 6.20 Å². The molecule has 0 saturated heterocycles. The first-order valence-corrected chi connectivity index (χ1v) is 5.01. The molecule has 2 unspecified atom stereocenters. The van der Waals surface area contributed by atoms with E-state index in [9.17, 15) is 4.39 Å². The predicted octanol–water partition coefficient (Wildman–Crippen LogP) is 2.66. The van der Waals surface area contributed by atoms with Crippen molar-refractivity contribution in [1.82, 2.24) is 4.98 Å². The number of hydrogen-bond acceptors (Lipinski definition) is 2. The zero-order valence-electron chi connectivity index (χ0n) is 8.70. The van der Waals surface area contributed by atoms with Gasteiger partial charge in [-0.2, -0.15) is 0 Å². The van der Waals surface area contributed by atoms with Crippen molar-refractivity contribution in [2.24, 2.45) is 11.7 Å². The Kier molecular flexibility index (Phi) is 4.01. The van der Waals surface area contributed by atoms with Gasteiger partial charge in [-0.15, -0.1) is 0 Å². The molecule has 0 amide bonds. The normalized spacial score (nSPS) is 15.1. The zero-order valence-corrected chi connectivity index (χ0v) is 8.70. The molecule has 0 aliphatic rings. The molecule has 2 atom stereocenters. The zero-order chi connectivity index (χ0) is 10.6. The van der Waals surface area contributed by atoms with Crippen molar-refractivity contribution in [1.29, 1.82) is 0 Å². The van der Waals surface area contributed by atoms with E-state index in [1.54, 1.807) is 6.20 Å². The van der Waals surface area contributed by atoms with Gasteiger partial charge in [-0.25, -0.2) is 4.39 Å². The molecule has 0 saturated carbocycles. The molecule has 78 valence electrons. The van der Waals surface area contributed by atoms with Crippen molar-refractivity contribution in [3.8, 4) is 0 Å². The molecule has 0 aliphatic heterocycles. The summed E-state index contributed by atoms with van der Waals surface area (Å²) in [5, 5.41) is 0. The third kappa shape index (κ3) is 2.77. The van der Waals surface area contributed by atoms with Crippen molar-refractivity contribution >= 4 is 0 Å². The van der Waals surface area contributed by atoms with Gasteiger partial charge in [0.25, 0.3) is 0 Å². The van der Waals surface area contributed by atoms with Gasteiger partial charge in [0.15, 0.2) is 0 Å². The summed E-state index contributed by atoms with van der Waals surface area (Å²) in [4.78, 5) is 3.79. The Bertz CT molecular complexity index is 288. The second-order valence-corrected chi connectivity index (χ2v) is 3.73. The monoisotopic (exact) mass is 196 g/mol. The highest BCUT2D eigenvalue weighted by molar-refractivity contribution is 5.15. The predicted molar refractivity (Wildman–Crippen MR) is 55.2 cm³/mol. The van der Waals surface area contributed by atoms with Gasteiger partial charge in [0, 0.05) is 12.2 Å². The molecule has 1 aromatic heterocycles. The Morgan fingerprint density at radius 1 is 1.50 bits per heavy atom. The quantitative estimate of drug-likeness (QED) is 0.804. The Balaban J connectivity index is 2.73. The maximum absolute atomic E-state index is 12.9.